The van der Waals surface area contributed by atoms with Gasteiger partial charge in [0.15, 0.2) is 11.5 Å². The lowest BCUT2D eigenvalue weighted by molar-refractivity contribution is -0.117. The topological polar surface area (TPSA) is 83.2 Å². The van der Waals surface area contributed by atoms with Crippen molar-refractivity contribution in [3.05, 3.63) is 100 Å². The maximum absolute atomic E-state index is 13.7. The number of Topliss-reactive ketones (excluding diaryl/α,β-unsaturated/α-hetero) is 1. The van der Waals surface area contributed by atoms with E-state index in [-0.39, 0.29) is 11.3 Å². The molecule has 0 fully saturated rings. The molecule has 7 nitrogen and oxygen atoms in total. The van der Waals surface area contributed by atoms with Gasteiger partial charge in [-0.3, -0.25) is 14.5 Å². The van der Waals surface area contributed by atoms with E-state index in [1.54, 1.807) is 36.4 Å². The molecule has 2 heterocycles. The van der Waals surface area contributed by atoms with E-state index in [9.17, 15) is 14.7 Å². The average Bonchev–Trinajstić information content (AvgIpc) is 3.43. The molecular formula is C28H23ClN2O5. The van der Waals surface area contributed by atoms with Crippen molar-refractivity contribution >= 4 is 45.6 Å². The normalized spacial score (nSPS) is 15.6. The van der Waals surface area contributed by atoms with Crippen molar-refractivity contribution in [2.24, 2.45) is 0 Å². The number of ether oxygens (including phenoxy) is 1. The van der Waals surface area contributed by atoms with Gasteiger partial charge in [0.2, 0.25) is 5.78 Å². The van der Waals surface area contributed by atoms with Crippen LogP contribution in [-0.4, -0.2) is 38.0 Å². The fourth-order valence-electron chi connectivity index (χ4n) is 4.41. The monoisotopic (exact) mass is 502 g/mol. The molecule has 0 bridgehead atoms. The number of hydrogen-bond donors (Lipinski definition) is 1. The number of nitrogens with zero attached hydrogens (tertiary/aromatic N) is 2. The molecule has 1 N–H and O–H groups in total. The summed E-state index contributed by atoms with van der Waals surface area (Å²) < 4.78 is 11.0. The van der Waals surface area contributed by atoms with Gasteiger partial charge in [0.1, 0.15) is 11.3 Å². The second-order valence-corrected chi connectivity index (χ2v) is 9.03. The second kappa shape index (κ2) is 9.09. The van der Waals surface area contributed by atoms with Crippen molar-refractivity contribution in [3.8, 4) is 5.75 Å². The van der Waals surface area contributed by atoms with E-state index < -0.39 is 23.5 Å². The van der Waals surface area contributed by atoms with E-state index in [1.807, 2.05) is 55.4 Å². The third-order valence-electron chi connectivity index (χ3n) is 6.24. The van der Waals surface area contributed by atoms with Crippen LogP contribution in [0.2, 0.25) is 5.02 Å². The highest BCUT2D eigenvalue weighted by Gasteiger charge is 2.45. The molecule has 0 saturated carbocycles. The zero-order valence-electron chi connectivity index (χ0n) is 19.9. The SMILES string of the molecule is COc1ccc(N2C(=O)C(O)=C(C(=O)c3cc4ccccc4o3)C2c2ccc(N(C)C)cc2)cc1Cl. The minimum absolute atomic E-state index is 0.0371. The number of aliphatic hydroxyl groups is 1. The van der Waals surface area contributed by atoms with Gasteiger partial charge in [0.25, 0.3) is 5.91 Å². The van der Waals surface area contributed by atoms with Crippen LogP contribution in [0.5, 0.6) is 5.75 Å². The molecule has 182 valence electrons. The van der Waals surface area contributed by atoms with Gasteiger partial charge in [-0.2, -0.15) is 0 Å². The Labute approximate surface area is 212 Å². The maximum Gasteiger partial charge on any atom is 0.294 e. The Morgan fingerprint density at radius 3 is 2.42 bits per heavy atom. The van der Waals surface area contributed by atoms with Gasteiger partial charge in [0, 0.05) is 30.9 Å². The molecule has 8 heteroatoms. The lowest BCUT2D eigenvalue weighted by atomic mass is 9.94. The Morgan fingerprint density at radius 2 is 1.78 bits per heavy atom. The summed E-state index contributed by atoms with van der Waals surface area (Å²) in [5.41, 5.74) is 2.47. The van der Waals surface area contributed by atoms with Gasteiger partial charge in [-0.15, -0.1) is 0 Å². The molecule has 0 aliphatic carbocycles. The Kier molecular flexibility index (Phi) is 5.94. The van der Waals surface area contributed by atoms with Crippen LogP contribution in [0.4, 0.5) is 11.4 Å². The quantitative estimate of drug-likeness (QED) is 0.328. The number of benzene rings is 3. The van der Waals surface area contributed by atoms with Gasteiger partial charge in [-0.1, -0.05) is 41.9 Å². The number of methoxy groups -OCH3 is 1. The number of halogens is 1. The maximum atomic E-state index is 13.7. The van der Waals surface area contributed by atoms with E-state index in [4.69, 9.17) is 20.8 Å². The summed E-state index contributed by atoms with van der Waals surface area (Å²) in [5, 5.41) is 12.0. The van der Waals surface area contributed by atoms with Crippen LogP contribution < -0.4 is 14.5 Å². The van der Waals surface area contributed by atoms with Crippen LogP contribution in [0, 0.1) is 0 Å². The highest BCUT2D eigenvalue weighted by atomic mass is 35.5. The van der Waals surface area contributed by atoms with Gasteiger partial charge >= 0.3 is 0 Å². The van der Waals surface area contributed by atoms with E-state index in [0.717, 1.165) is 11.1 Å². The number of hydrogen-bond acceptors (Lipinski definition) is 6. The molecule has 36 heavy (non-hydrogen) atoms. The van der Waals surface area contributed by atoms with Crippen LogP contribution in [0.25, 0.3) is 11.0 Å². The first-order chi connectivity index (χ1) is 17.3. The van der Waals surface area contributed by atoms with Gasteiger partial charge in [0.05, 0.1) is 23.7 Å². The number of carbonyl (C=O) groups is 2. The first kappa shape index (κ1) is 23.5. The molecule has 1 unspecified atom stereocenters. The summed E-state index contributed by atoms with van der Waals surface area (Å²) in [4.78, 5) is 30.4. The second-order valence-electron chi connectivity index (χ2n) is 8.62. The number of rotatable bonds is 6. The van der Waals surface area contributed by atoms with E-state index >= 15 is 0 Å². The van der Waals surface area contributed by atoms with Crippen molar-refractivity contribution in [3.63, 3.8) is 0 Å². The summed E-state index contributed by atoms with van der Waals surface area (Å²) in [5.74, 6) is -1.43. The average molecular weight is 503 g/mol. The Hall–Kier alpha value is -4.23. The number of fused-ring (bicyclic) bond motifs is 1. The number of amides is 1. The summed E-state index contributed by atoms with van der Waals surface area (Å²) >= 11 is 6.35. The van der Waals surface area contributed by atoms with Crippen molar-refractivity contribution in [2.45, 2.75) is 6.04 Å². The number of carbonyl (C=O) groups excluding carboxylic acids is 2. The third-order valence-corrected chi connectivity index (χ3v) is 6.54. The molecule has 1 atom stereocenters. The first-order valence-electron chi connectivity index (χ1n) is 11.2. The number of ketones is 1. The summed E-state index contributed by atoms with van der Waals surface area (Å²) in [7, 11) is 5.33. The number of furan rings is 1. The van der Waals surface area contributed by atoms with E-state index in [2.05, 4.69) is 0 Å². The molecule has 1 aliphatic heterocycles. The summed E-state index contributed by atoms with van der Waals surface area (Å²) in [6.45, 7) is 0. The van der Waals surface area contributed by atoms with Crippen molar-refractivity contribution in [2.75, 3.05) is 31.0 Å². The highest BCUT2D eigenvalue weighted by molar-refractivity contribution is 6.32. The Bertz CT molecular complexity index is 1490. The van der Waals surface area contributed by atoms with Crippen LogP contribution in [0.3, 0.4) is 0 Å². The minimum Gasteiger partial charge on any atom is -0.503 e. The molecule has 0 saturated heterocycles. The molecule has 4 aromatic rings. The Morgan fingerprint density at radius 1 is 1.06 bits per heavy atom. The van der Waals surface area contributed by atoms with Crippen LogP contribution in [0.1, 0.15) is 22.2 Å². The lowest BCUT2D eigenvalue weighted by Gasteiger charge is -2.27. The van der Waals surface area contributed by atoms with Crippen molar-refractivity contribution in [1.29, 1.82) is 0 Å². The number of para-hydroxylation sites is 1. The van der Waals surface area contributed by atoms with Gasteiger partial charge in [-0.05, 0) is 48.0 Å². The fourth-order valence-corrected chi connectivity index (χ4v) is 4.66. The zero-order chi connectivity index (χ0) is 25.6. The van der Waals surface area contributed by atoms with Crippen molar-refractivity contribution < 1.29 is 23.8 Å². The van der Waals surface area contributed by atoms with Crippen LogP contribution >= 0.6 is 11.6 Å². The zero-order valence-corrected chi connectivity index (χ0v) is 20.6. The molecule has 1 aromatic heterocycles. The molecular weight excluding hydrogens is 480 g/mol. The smallest absolute Gasteiger partial charge is 0.294 e. The molecule has 5 rings (SSSR count). The van der Waals surface area contributed by atoms with Gasteiger partial charge in [-0.25, -0.2) is 0 Å². The Balaban J connectivity index is 1.65. The number of aliphatic hydroxyl groups excluding tert-OH is 1. The molecule has 0 spiro atoms. The fraction of sp³-hybridized carbons (Fsp3) is 0.143. The van der Waals surface area contributed by atoms with Crippen LogP contribution in [-0.2, 0) is 4.79 Å². The molecule has 1 aliphatic rings. The summed E-state index contributed by atoms with van der Waals surface area (Å²) in [6, 6.07) is 20.2. The standard InChI is InChI=1S/C28H23ClN2O5/c1-30(2)18-10-8-16(9-11-18)25-24(26(32)23-14-17-6-4-5-7-21(17)36-23)27(33)28(34)31(25)19-12-13-22(35-3)20(29)15-19/h4-15,25,33H,1-3H3. The molecule has 1 amide bonds. The highest BCUT2D eigenvalue weighted by Crippen LogP contribution is 2.44. The summed E-state index contributed by atoms with van der Waals surface area (Å²) in [6.07, 6.45) is 0. The first-order valence-corrected chi connectivity index (χ1v) is 11.6. The molecule has 0 radical (unpaired) electrons. The van der Waals surface area contributed by atoms with Crippen molar-refractivity contribution in [1.82, 2.24) is 0 Å². The third kappa shape index (κ3) is 3.87. The van der Waals surface area contributed by atoms with Gasteiger partial charge < -0.3 is 19.2 Å². The predicted molar refractivity (Wildman–Crippen MR) is 139 cm³/mol. The largest absolute Gasteiger partial charge is 0.503 e. The molecule has 3 aromatic carbocycles. The number of anilines is 2. The predicted octanol–water partition coefficient (Wildman–Crippen LogP) is 5.94. The van der Waals surface area contributed by atoms with E-state index in [0.29, 0.717) is 27.6 Å². The minimum atomic E-state index is -0.904. The van der Waals surface area contributed by atoms with E-state index in [1.165, 1.54) is 12.0 Å². The lowest BCUT2D eigenvalue weighted by Crippen LogP contribution is -2.31. The van der Waals surface area contributed by atoms with Crippen LogP contribution in [0.15, 0.2) is 88.5 Å².